The summed E-state index contributed by atoms with van der Waals surface area (Å²) in [5, 5.41) is 0. The minimum absolute atomic E-state index is 0.00860. The van der Waals surface area contributed by atoms with Gasteiger partial charge in [-0.1, -0.05) is 0 Å². The van der Waals surface area contributed by atoms with Crippen LogP contribution in [-0.4, -0.2) is 44.2 Å². The van der Waals surface area contributed by atoms with E-state index in [2.05, 4.69) is 0 Å². The fraction of sp³-hybridized carbons (Fsp3) is 0.500. The molecule has 0 radical (unpaired) electrons. The summed E-state index contributed by atoms with van der Waals surface area (Å²) in [5.41, 5.74) is 0. The van der Waals surface area contributed by atoms with Gasteiger partial charge in [-0.2, -0.15) is 0 Å². The molecule has 1 heterocycles. The van der Waals surface area contributed by atoms with Gasteiger partial charge in [-0.25, -0.2) is 4.39 Å². The number of ether oxygens (including phenoxy) is 2. The van der Waals surface area contributed by atoms with Gasteiger partial charge in [0.2, 0.25) is 0 Å². The SMILES string of the molecule is COCC1CCN(C(=O)COc2ccc(F)cc2)C1. The van der Waals surface area contributed by atoms with Gasteiger partial charge < -0.3 is 14.4 Å². The molecular weight excluding hydrogens is 249 g/mol. The lowest BCUT2D eigenvalue weighted by atomic mass is 10.1. The van der Waals surface area contributed by atoms with E-state index in [9.17, 15) is 9.18 Å². The van der Waals surface area contributed by atoms with Crippen LogP contribution < -0.4 is 4.74 Å². The predicted octanol–water partition coefficient (Wildman–Crippen LogP) is 1.70. The van der Waals surface area contributed by atoms with E-state index in [0.29, 0.717) is 18.3 Å². The maximum atomic E-state index is 12.7. The predicted molar refractivity (Wildman–Crippen MR) is 68.5 cm³/mol. The maximum Gasteiger partial charge on any atom is 0.260 e. The van der Waals surface area contributed by atoms with Crippen LogP contribution in [0.3, 0.4) is 0 Å². The molecule has 1 amide bonds. The van der Waals surface area contributed by atoms with Gasteiger partial charge in [0.25, 0.3) is 5.91 Å². The van der Waals surface area contributed by atoms with Gasteiger partial charge in [-0.05, 0) is 30.7 Å². The molecule has 1 fully saturated rings. The van der Waals surface area contributed by atoms with Gasteiger partial charge >= 0.3 is 0 Å². The number of hydrogen-bond donors (Lipinski definition) is 0. The Hall–Kier alpha value is -1.62. The fourth-order valence-corrected chi connectivity index (χ4v) is 2.20. The molecule has 1 aliphatic rings. The van der Waals surface area contributed by atoms with Crippen molar-refractivity contribution in [3.63, 3.8) is 0 Å². The Kier molecular flexibility index (Phi) is 4.74. The topological polar surface area (TPSA) is 38.8 Å². The summed E-state index contributed by atoms with van der Waals surface area (Å²) in [6.45, 7) is 2.15. The van der Waals surface area contributed by atoms with Gasteiger partial charge in [-0.15, -0.1) is 0 Å². The number of benzene rings is 1. The van der Waals surface area contributed by atoms with Crippen molar-refractivity contribution in [1.29, 1.82) is 0 Å². The summed E-state index contributed by atoms with van der Waals surface area (Å²) < 4.78 is 23.1. The third-order valence-electron chi connectivity index (χ3n) is 3.22. The zero-order valence-electron chi connectivity index (χ0n) is 11.0. The Bertz CT molecular complexity index is 421. The van der Waals surface area contributed by atoms with Crippen LogP contribution in [0, 0.1) is 11.7 Å². The number of carbonyl (C=O) groups is 1. The quantitative estimate of drug-likeness (QED) is 0.815. The number of nitrogens with zero attached hydrogens (tertiary/aromatic N) is 1. The minimum atomic E-state index is -0.319. The van der Waals surface area contributed by atoms with E-state index in [4.69, 9.17) is 9.47 Å². The Labute approximate surface area is 112 Å². The summed E-state index contributed by atoms with van der Waals surface area (Å²) in [5.74, 6) is 0.561. The van der Waals surface area contributed by atoms with E-state index in [1.54, 1.807) is 12.0 Å². The van der Waals surface area contributed by atoms with E-state index in [1.165, 1.54) is 24.3 Å². The van der Waals surface area contributed by atoms with E-state index < -0.39 is 0 Å². The van der Waals surface area contributed by atoms with Gasteiger partial charge in [0.1, 0.15) is 11.6 Å². The number of amides is 1. The summed E-state index contributed by atoms with van der Waals surface area (Å²) in [6, 6.07) is 5.65. The lowest BCUT2D eigenvalue weighted by Gasteiger charge is -2.16. The van der Waals surface area contributed by atoms with Crippen molar-refractivity contribution in [3.8, 4) is 5.75 Å². The van der Waals surface area contributed by atoms with Gasteiger partial charge in [0.15, 0.2) is 6.61 Å². The molecule has 19 heavy (non-hydrogen) atoms. The van der Waals surface area contributed by atoms with E-state index in [-0.39, 0.29) is 18.3 Å². The monoisotopic (exact) mass is 267 g/mol. The molecule has 0 saturated carbocycles. The summed E-state index contributed by atoms with van der Waals surface area (Å²) in [6.07, 6.45) is 0.968. The molecule has 1 aromatic carbocycles. The van der Waals surface area contributed by atoms with Crippen molar-refractivity contribution >= 4 is 5.91 Å². The molecule has 0 spiro atoms. The Morgan fingerprint density at radius 3 is 2.84 bits per heavy atom. The number of hydrogen-bond acceptors (Lipinski definition) is 3. The molecule has 0 bridgehead atoms. The highest BCUT2D eigenvalue weighted by Crippen LogP contribution is 2.17. The molecule has 0 aliphatic carbocycles. The van der Waals surface area contributed by atoms with E-state index in [1.807, 2.05) is 0 Å². The van der Waals surface area contributed by atoms with Crippen molar-refractivity contribution in [1.82, 2.24) is 4.90 Å². The first kappa shape index (κ1) is 13.8. The summed E-state index contributed by atoms with van der Waals surface area (Å²) in [4.78, 5) is 13.7. The number of rotatable bonds is 5. The highest BCUT2D eigenvalue weighted by molar-refractivity contribution is 5.78. The molecule has 1 saturated heterocycles. The average molecular weight is 267 g/mol. The largest absolute Gasteiger partial charge is 0.484 e. The summed E-state index contributed by atoms with van der Waals surface area (Å²) >= 11 is 0. The standard InChI is InChI=1S/C14H18FNO3/c1-18-9-11-6-7-16(8-11)14(17)10-19-13-4-2-12(15)3-5-13/h2-5,11H,6-10H2,1H3. The van der Waals surface area contributed by atoms with Crippen LogP contribution >= 0.6 is 0 Å². The molecule has 2 rings (SSSR count). The van der Waals surface area contributed by atoms with Crippen LogP contribution in [0.1, 0.15) is 6.42 Å². The Morgan fingerprint density at radius 2 is 2.16 bits per heavy atom. The van der Waals surface area contributed by atoms with Crippen LogP contribution in [0.25, 0.3) is 0 Å². The first-order valence-corrected chi connectivity index (χ1v) is 6.34. The third kappa shape index (κ3) is 3.92. The lowest BCUT2D eigenvalue weighted by molar-refractivity contribution is -0.132. The third-order valence-corrected chi connectivity index (χ3v) is 3.22. The Balaban J connectivity index is 1.77. The van der Waals surface area contributed by atoms with Crippen LogP contribution in [0.4, 0.5) is 4.39 Å². The molecule has 1 atom stereocenters. The van der Waals surface area contributed by atoms with Crippen molar-refractivity contribution < 1.29 is 18.7 Å². The summed E-state index contributed by atoms with van der Waals surface area (Å²) in [7, 11) is 1.67. The van der Waals surface area contributed by atoms with Crippen molar-refractivity contribution in [2.75, 3.05) is 33.4 Å². The van der Waals surface area contributed by atoms with Crippen LogP contribution in [0.5, 0.6) is 5.75 Å². The number of carbonyl (C=O) groups excluding carboxylic acids is 1. The van der Waals surface area contributed by atoms with E-state index >= 15 is 0 Å². The molecule has 0 aromatic heterocycles. The normalized spacial score (nSPS) is 18.6. The molecule has 1 aliphatic heterocycles. The van der Waals surface area contributed by atoms with Gasteiger partial charge in [0.05, 0.1) is 6.61 Å². The molecule has 104 valence electrons. The number of halogens is 1. The maximum absolute atomic E-state index is 12.7. The van der Waals surface area contributed by atoms with Crippen molar-refractivity contribution in [3.05, 3.63) is 30.1 Å². The second-order valence-electron chi connectivity index (χ2n) is 4.69. The van der Waals surface area contributed by atoms with Crippen LogP contribution in [-0.2, 0) is 9.53 Å². The second-order valence-corrected chi connectivity index (χ2v) is 4.69. The lowest BCUT2D eigenvalue weighted by Crippen LogP contribution is -2.33. The highest BCUT2D eigenvalue weighted by atomic mass is 19.1. The van der Waals surface area contributed by atoms with Gasteiger partial charge in [-0.3, -0.25) is 4.79 Å². The van der Waals surface area contributed by atoms with Crippen molar-refractivity contribution in [2.24, 2.45) is 5.92 Å². The van der Waals surface area contributed by atoms with Crippen molar-refractivity contribution in [2.45, 2.75) is 6.42 Å². The van der Waals surface area contributed by atoms with Crippen LogP contribution in [0.15, 0.2) is 24.3 Å². The zero-order chi connectivity index (χ0) is 13.7. The van der Waals surface area contributed by atoms with Crippen LogP contribution in [0.2, 0.25) is 0 Å². The minimum Gasteiger partial charge on any atom is -0.484 e. The molecule has 4 nitrogen and oxygen atoms in total. The number of likely N-dealkylation sites (tertiary alicyclic amines) is 1. The highest BCUT2D eigenvalue weighted by Gasteiger charge is 2.26. The second kappa shape index (κ2) is 6.52. The van der Waals surface area contributed by atoms with Gasteiger partial charge in [0, 0.05) is 26.1 Å². The Morgan fingerprint density at radius 1 is 1.42 bits per heavy atom. The fourth-order valence-electron chi connectivity index (χ4n) is 2.20. The smallest absolute Gasteiger partial charge is 0.260 e. The average Bonchev–Trinajstić information content (AvgIpc) is 2.87. The van der Waals surface area contributed by atoms with E-state index in [0.717, 1.165) is 19.5 Å². The molecule has 5 heteroatoms. The molecular formula is C14H18FNO3. The number of methoxy groups -OCH3 is 1. The molecule has 1 aromatic rings. The molecule has 1 unspecified atom stereocenters. The zero-order valence-corrected chi connectivity index (χ0v) is 11.0. The molecule has 0 N–H and O–H groups in total. The first-order valence-electron chi connectivity index (χ1n) is 6.34. The first-order chi connectivity index (χ1) is 9.19.